The van der Waals surface area contributed by atoms with Crippen molar-refractivity contribution < 1.29 is 14.3 Å². The molecule has 0 radical (unpaired) electrons. The molecular weight excluding hydrogens is 342 g/mol. The van der Waals surface area contributed by atoms with E-state index in [4.69, 9.17) is 4.74 Å². The molecule has 0 N–H and O–H groups in total. The molecule has 0 saturated carbocycles. The van der Waals surface area contributed by atoms with E-state index in [0.717, 1.165) is 38.3 Å². The first kappa shape index (κ1) is 22.3. The number of rotatable bonds is 10. The number of nitrogens with zero attached hydrogens (tertiary/aromatic N) is 3. The molecule has 2 saturated heterocycles. The van der Waals surface area contributed by atoms with Gasteiger partial charge in [-0.15, -0.1) is 0 Å². The lowest BCUT2D eigenvalue weighted by molar-refractivity contribution is -0.133. The molecule has 0 aromatic carbocycles. The molecule has 2 heterocycles. The second-order valence-electron chi connectivity index (χ2n) is 8.32. The van der Waals surface area contributed by atoms with Gasteiger partial charge >= 0.3 is 0 Å². The number of Topliss-reactive ketones (excluding diaryl/α,β-unsaturated/α-hetero) is 1. The van der Waals surface area contributed by atoms with Crippen LogP contribution in [0.1, 0.15) is 46.0 Å². The fourth-order valence-electron chi connectivity index (χ4n) is 3.83. The van der Waals surface area contributed by atoms with Gasteiger partial charge in [-0.2, -0.15) is 0 Å². The van der Waals surface area contributed by atoms with Crippen LogP contribution in [0, 0.1) is 11.8 Å². The van der Waals surface area contributed by atoms with E-state index in [0.29, 0.717) is 26.1 Å². The predicted octanol–water partition coefficient (Wildman–Crippen LogP) is 1.88. The van der Waals surface area contributed by atoms with E-state index in [-0.39, 0.29) is 17.6 Å². The van der Waals surface area contributed by atoms with Crippen LogP contribution < -0.4 is 0 Å². The van der Waals surface area contributed by atoms with Crippen molar-refractivity contribution in [2.24, 2.45) is 11.8 Å². The highest BCUT2D eigenvalue weighted by atomic mass is 16.5. The number of carbonyl (C=O) groups is 2. The van der Waals surface area contributed by atoms with Gasteiger partial charge in [0.05, 0.1) is 19.6 Å². The Kier molecular flexibility index (Phi) is 9.73. The maximum atomic E-state index is 12.3. The molecule has 27 heavy (non-hydrogen) atoms. The number of amides is 1. The molecule has 1 atom stereocenters. The van der Waals surface area contributed by atoms with Crippen LogP contribution in [0.3, 0.4) is 0 Å². The summed E-state index contributed by atoms with van der Waals surface area (Å²) >= 11 is 0. The van der Waals surface area contributed by atoms with Gasteiger partial charge in [-0.25, -0.2) is 0 Å². The first-order chi connectivity index (χ1) is 13.0. The number of hydrogen-bond acceptors (Lipinski definition) is 5. The van der Waals surface area contributed by atoms with E-state index in [1.54, 1.807) is 0 Å². The van der Waals surface area contributed by atoms with Crippen LogP contribution in [0.4, 0.5) is 0 Å². The number of likely N-dealkylation sites (tertiary alicyclic amines) is 1. The van der Waals surface area contributed by atoms with Gasteiger partial charge in [0.1, 0.15) is 5.78 Å². The van der Waals surface area contributed by atoms with Crippen LogP contribution in [-0.4, -0.2) is 92.5 Å². The Morgan fingerprint density at radius 3 is 2.26 bits per heavy atom. The van der Waals surface area contributed by atoms with Crippen LogP contribution >= 0.6 is 0 Å². The Balaban J connectivity index is 1.53. The predicted molar refractivity (Wildman–Crippen MR) is 108 cm³/mol. The summed E-state index contributed by atoms with van der Waals surface area (Å²) in [6, 6.07) is 0. The molecule has 2 aliphatic rings. The molecule has 2 fully saturated rings. The zero-order valence-electron chi connectivity index (χ0n) is 17.6. The smallest absolute Gasteiger partial charge is 0.224 e. The summed E-state index contributed by atoms with van der Waals surface area (Å²) in [6.45, 7) is 12.5. The molecule has 0 spiro atoms. The topological polar surface area (TPSA) is 53.1 Å². The van der Waals surface area contributed by atoms with Gasteiger partial charge in [-0.3, -0.25) is 9.59 Å². The number of piperidine rings is 1. The third kappa shape index (κ3) is 7.88. The van der Waals surface area contributed by atoms with E-state index in [1.165, 1.54) is 32.7 Å². The molecule has 6 heteroatoms. The van der Waals surface area contributed by atoms with E-state index in [2.05, 4.69) is 16.8 Å². The summed E-state index contributed by atoms with van der Waals surface area (Å²) in [7, 11) is 2.19. The molecule has 2 aliphatic heterocycles. The van der Waals surface area contributed by atoms with Gasteiger partial charge in [0.2, 0.25) is 5.91 Å². The van der Waals surface area contributed by atoms with Crippen LogP contribution in [0.15, 0.2) is 0 Å². The van der Waals surface area contributed by atoms with Gasteiger partial charge in [-0.05, 0) is 32.2 Å². The number of ketones is 1. The molecule has 0 aliphatic carbocycles. The largest absolute Gasteiger partial charge is 0.380 e. The minimum absolute atomic E-state index is 0.113. The molecule has 1 amide bonds. The highest BCUT2D eigenvalue weighted by Crippen LogP contribution is 2.19. The van der Waals surface area contributed by atoms with Gasteiger partial charge in [0.15, 0.2) is 0 Å². The number of piperazine rings is 1. The average Bonchev–Trinajstić information content (AvgIpc) is 2.69. The van der Waals surface area contributed by atoms with E-state index >= 15 is 0 Å². The molecule has 0 aromatic heterocycles. The average molecular weight is 382 g/mol. The van der Waals surface area contributed by atoms with Crippen molar-refractivity contribution in [3.05, 3.63) is 0 Å². The fraction of sp³-hybridized carbons (Fsp3) is 0.905. The van der Waals surface area contributed by atoms with Crippen LogP contribution in [-0.2, 0) is 14.3 Å². The van der Waals surface area contributed by atoms with Crippen LogP contribution in [0.25, 0.3) is 0 Å². The maximum absolute atomic E-state index is 12.3. The molecule has 2 rings (SSSR count). The molecule has 0 bridgehead atoms. The number of ether oxygens (including phenoxy) is 1. The maximum Gasteiger partial charge on any atom is 0.224 e. The molecule has 6 nitrogen and oxygen atoms in total. The highest BCUT2D eigenvalue weighted by molar-refractivity contribution is 5.80. The lowest BCUT2D eigenvalue weighted by Gasteiger charge is -2.38. The van der Waals surface area contributed by atoms with E-state index in [9.17, 15) is 9.59 Å². The third-order valence-electron chi connectivity index (χ3n) is 6.19. The van der Waals surface area contributed by atoms with Crippen molar-refractivity contribution in [1.82, 2.24) is 14.7 Å². The molecular formula is C21H39N3O3. The van der Waals surface area contributed by atoms with Gasteiger partial charge < -0.3 is 19.4 Å². The van der Waals surface area contributed by atoms with Crippen molar-refractivity contribution in [1.29, 1.82) is 0 Å². The minimum atomic E-state index is 0.113. The lowest BCUT2D eigenvalue weighted by Crippen LogP contribution is -2.48. The minimum Gasteiger partial charge on any atom is -0.380 e. The summed E-state index contributed by atoms with van der Waals surface area (Å²) in [6.07, 6.45) is 3.99. The molecule has 0 aromatic rings. The van der Waals surface area contributed by atoms with Crippen molar-refractivity contribution in [2.45, 2.75) is 46.0 Å². The number of carbonyl (C=O) groups excluding carboxylic acids is 2. The summed E-state index contributed by atoms with van der Waals surface area (Å²) < 4.78 is 5.51. The van der Waals surface area contributed by atoms with Crippen LogP contribution in [0.2, 0.25) is 0 Å². The highest BCUT2D eigenvalue weighted by Gasteiger charge is 2.25. The normalized spacial score (nSPS) is 21.4. The molecule has 156 valence electrons. The Morgan fingerprint density at radius 2 is 1.63 bits per heavy atom. The summed E-state index contributed by atoms with van der Waals surface area (Å²) in [5, 5.41) is 0. The second kappa shape index (κ2) is 11.8. The molecule has 1 unspecified atom stereocenters. The fourth-order valence-corrected chi connectivity index (χ4v) is 3.83. The first-order valence-corrected chi connectivity index (χ1v) is 10.8. The summed E-state index contributed by atoms with van der Waals surface area (Å²) in [5.41, 5.74) is 0. The summed E-state index contributed by atoms with van der Waals surface area (Å²) in [5.74, 6) is 1.29. The van der Waals surface area contributed by atoms with Crippen molar-refractivity contribution in [3.63, 3.8) is 0 Å². The summed E-state index contributed by atoms with van der Waals surface area (Å²) in [4.78, 5) is 31.1. The quantitative estimate of drug-likeness (QED) is 0.541. The Hall–Kier alpha value is -0.980. The van der Waals surface area contributed by atoms with Crippen molar-refractivity contribution >= 4 is 11.7 Å². The lowest BCUT2D eigenvalue weighted by atomic mass is 9.95. The van der Waals surface area contributed by atoms with Crippen molar-refractivity contribution in [3.8, 4) is 0 Å². The monoisotopic (exact) mass is 381 g/mol. The Labute approximate surface area is 165 Å². The van der Waals surface area contributed by atoms with Gasteiger partial charge in [-0.1, -0.05) is 13.8 Å². The number of hydrogen-bond donors (Lipinski definition) is 0. The number of likely N-dealkylation sites (N-methyl/N-ethyl adjacent to an activating group) is 1. The second-order valence-corrected chi connectivity index (χ2v) is 8.32. The zero-order valence-corrected chi connectivity index (χ0v) is 17.6. The Morgan fingerprint density at radius 1 is 1.00 bits per heavy atom. The van der Waals surface area contributed by atoms with Crippen molar-refractivity contribution in [2.75, 3.05) is 66.1 Å². The van der Waals surface area contributed by atoms with Gasteiger partial charge in [0, 0.05) is 58.2 Å². The Bertz CT molecular complexity index is 456. The van der Waals surface area contributed by atoms with E-state index < -0.39 is 0 Å². The van der Waals surface area contributed by atoms with Crippen LogP contribution in [0.5, 0.6) is 0 Å². The zero-order chi connectivity index (χ0) is 19.6. The van der Waals surface area contributed by atoms with Gasteiger partial charge in [0.25, 0.3) is 0 Å². The third-order valence-corrected chi connectivity index (χ3v) is 6.19. The first-order valence-electron chi connectivity index (χ1n) is 10.8. The standard InChI is InChI=1S/C21H39N3O3/c1-4-18(2)20(25)7-15-27-16-8-21(26)24-9-5-19(6-10-24)17-23-13-11-22(3)12-14-23/h18-19H,4-17H2,1-3H3. The van der Waals surface area contributed by atoms with E-state index in [1.807, 2.05) is 18.7 Å². The SMILES string of the molecule is CCC(C)C(=O)CCOCCC(=O)N1CCC(CN2CCN(C)CC2)CC1.